The number of hydrogen-bond acceptors (Lipinski definition) is 5. The fraction of sp³-hybridized carbons (Fsp3) is 0.350. The molecule has 0 aliphatic heterocycles. The van der Waals surface area contributed by atoms with Crippen molar-refractivity contribution in [1.82, 2.24) is 19.6 Å². The van der Waals surface area contributed by atoms with Crippen molar-refractivity contribution < 1.29 is 14.3 Å². The number of aromatic nitrogens is 4. The number of carbonyl (C=O) groups is 1. The van der Waals surface area contributed by atoms with Crippen LogP contribution < -0.4 is 14.8 Å². The highest BCUT2D eigenvalue weighted by Crippen LogP contribution is 2.28. The molecule has 3 aromatic rings. The summed E-state index contributed by atoms with van der Waals surface area (Å²) in [5.74, 6) is 1.18. The molecule has 8 heteroatoms. The summed E-state index contributed by atoms with van der Waals surface area (Å²) >= 11 is 0. The molecule has 2 aromatic heterocycles. The molecule has 0 radical (unpaired) electrons. The molecule has 0 aliphatic carbocycles. The van der Waals surface area contributed by atoms with Gasteiger partial charge in [0.25, 0.3) is 5.91 Å². The summed E-state index contributed by atoms with van der Waals surface area (Å²) < 4.78 is 14.7. The average Bonchev–Trinajstić information content (AvgIpc) is 3.24. The molecule has 1 amide bonds. The molecule has 8 nitrogen and oxygen atoms in total. The number of benzene rings is 1. The van der Waals surface area contributed by atoms with E-state index in [0.717, 1.165) is 17.0 Å². The molecular formula is C20H25N5O3. The number of aryl methyl sites for hydroxylation is 2. The van der Waals surface area contributed by atoms with Crippen molar-refractivity contribution in [3.05, 3.63) is 53.6 Å². The highest BCUT2D eigenvalue weighted by molar-refractivity contribution is 6.02. The number of amides is 1. The lowest BCUT2D eigenvalue weighted by molar-refractivity contribution is 0.102. The third-order valence-electron chi connectivity index (χ3n) is 4.19. The zero-order valence-electron chi connectivity index (χ0n) is 16.6. The maximum atomic E-state index is 12.3. The smallest absolute Gasteiger partial charge is 0.276 e. The van der Waals surface area contributed by atoms with Crippen LogP contribution >= 0.6 is 0 Å². The third-order valence-corrected chi connectivity index (χ3v) is 4.19. The van der Waals surface area contributed by atoms with Crippen molar-refractivity contribution in [3.63, 3.8) is 0 Å². The first-order valence-electron chi connectivity index (χ1n) is 9.23. The van der Waals surface area contributed by atoms with Crippen LogP contribution in [0.4, 0.5) is 5.69 Å². The van der Waals surface area contributed by atoms with Gasteiger partial charge in [-0.15, -0.1) is 0 Å². The molecule has 0 fully saturated rings. The van der Waals surface area contributed by atoms with E-state index >= 15 is 0 Å². The molecule has 2 heterocycles. The van der Waals surface area contributed by atoms with E-state index in [4.69, 9.17) is 9.47 Å². The van der Waals surface area contributed by atoms with Gasteiger partial charge in [-0.2, -0.15) is 10.2 Å². The molecule has 0 aliphatic rings. The van der Waals surface area contributed by atoms with Crippen LogP contribution in [0.25, 0.3) is 0 Å². The second-order valence-corrected chi connectivity index (χ2v) is 6.32. The summed E-state index contributed by atoms with van der Waals surface area (Å²) in [7, 11) is 1.80. The standard InChI is InChI=1S/C20H25N5O3/c1-5-27-18-8-7-15(10-19(18)28-6-2)12-25-13-16(11-21-25)22-20(26)17-9-14(3)24(4)23-17/h7-11,13H,5-6,12H2,1-4H3,(H,22,26). The second kappa shape index (κ2) is 8.60. The lowest BCUT2D eigenvalue weighted by atomic mass is 10.2. The largest absolute Gasteiger partial charge is 0.490 e. The minimum Gasteiger partial charge on any atom is -0.490 e. The number of carbonyl (C=O) groups excluding carboxylic acids is 1. The van der Waals surface area contributed by atoms with Crippen molar-refractivity contribution in [2.45, 2.75) is 27.3 Å². The SMILES string of the molecule is CCOc1ccc(Cn2cc(NC(=O)c3cc(C)n(C)n3)cn2)cc1OCC. The van der Waals surface area contributed by atoms with Gasteiger partial charge in [-0.05, 0) is 44.5 Å². The van der Waals surface area contributed by atoms with Crippen LogP contribution in [0.1, 0.15) is 35.6 Å². The number of rotatable bonds is 8. The summed E-state index contributed by atoms with van der Waals surface area (Å²) in [6, 6.07) is 7.57. The fourth-order valence-electron chi connectivity index (χ4n) is 2.76. The van der Waals surface area contributed by atoms with E-state index in [-0.39, 0.29) is 5.91 Å². The minimum atomic E-state index is -0.261. The van der Waals surface area contributed by atoms with Gasteiger partial charge in [-0.1, -0.05) is 6.07 Å². The maximum absolute atomic E-state index is 12.3. The minimum absolute atomic E-state index is 0.261. The fourth-order valence-corrected chi connectivity index (χ4v) is 2.76. The molecular weight excluding hydrogens is 358 g/mol. The monoisotopic (exact) mass is 383 g/mol. The van der Waals surface area contributed by atoms with Crippen molar-refractivity contribution >= 4 is 11.6 Å². The van der Waals surface area contributed by atoms with Crippen LogP contribution in [-0.4, -0.2) is 38.7 Å². The topological polar surface area (TPSA) is 83.2 Å². The molecule has 1 N–H and O–H groups in total. The molecule has 0 unspecified atom stereocenters. The van der Waals surface area contributed by atoms with Crippen LogP contribution in [0.15, 0.2) is 36.7 Å². The summed E-state index contributed by atoms with van der Waals surface area (Å²) in [6.45, 7) is 7.47. The molecule has 0 saturated heterocycles. The van der Waals surface area contributed by atoms with Gasteiger partial charge >= 0.3 is 0 Å². The Hall–Kier alpha value is -3.29. The molecule has 0 saturated carbocycles. The number of hydrogen-bond donors (Lipinski definition) is 1. The lowest BCUT2D eigenvalue weighted by Gasteiger charge is -2.12. The third kappa shape index (κ3) is 4.51. The van der Waals surface area contributed by atoms with Gasteiger partial charge in [0.2, 0.25) is 0 Å². The van der Waals surface area contributed by atoms with Crippen molar-refractivity contribution in [1.29, 1.82) is 0 Å². The Morgan fingerprint density at radius 3 is 2.57 bits per heavy atom. The zero-order valence-corrected chi connectivity index (χ0v) is 16.6. The van der Waals surface area contributed by atoms with Crippen LogP contribution in [0.5, 0.6) is 11.5 Å². The summed E-state index contributed by atoms with van der Waals surface area (Å²) in [4.78, 5) is 12.3. The molecule has 28 heavy (non-hydrogen) atoms. The van der Waals surface area contributed by atoms with E-state index in [1.165, 1.54) is 0 Å². The first-order valence-corrected chi connectivity index (χ1v) is 9.23. The summed E-state index contributed by atoms with van der Waals surface area (Å²) in [6.07, 6.45) is 3.40. The second-order valence-electron chi connectivity index (χ2n) is 6.32. The number of nitrogens with zero attached hydrogens (tertiary/aromatic N) is 4. The molecule has 0 atom stereocenters. The first kappa shape index (κ1) is 19.5. The molecule has 3 rings (SSSR count). The van der Waals surface area contributed by atoms with Gasteiger partial charge in [-0.3, -0.25) is 14.2 Å². The quantitative estimate of drug-likeness (QED) is 0.646. The number of ether oxygens (including phenoxy) is 2. The van der Waals surface area contributed by atoms with Gasteiger partial charge in [0.1, 0.15) is 0 Å². The molecule has 0 bridgehead atoms. The van der Waals surface area contributed by atoms with Gasteiger partial charge in [0.15, 0.2) is 17.2 Å². The Kier molecular flexibility index (Phi) is 5.98. The Morgan fingerprint density at radius 2 is 1.89 bits per heavy atom. The van der Waals surface area contributed by atoms with E-state index in [0.29, 0.717) is 36.9 Å². The van der Waals surface area contributed by atoms with Crippen LogP contribution in [0, 0.1) is 6.92 Å². The summed E-state index contributed by atoms with van der Waals surface area (Å²) in [5.41, 5.74) is 2.93. The first-order chi connectivity index (χ1) is 13.5. The van der Waals surface area contributed by atoms with Crippen molar-refractivity contribution in [3.8, 4) is 11.5 Å². The van der Waals surface area contributed by atoms with E-state index in [9.17, 15) is 4.79 Å². The Bertz CT molecular complexity index is 941. The highest BCUT2D eigenvalue weighted by Gasteiger charge is 2.13. The van der Waals surface area contributed by atoms with Gasteiger partial charge in [0.05, 0.1) is 31.6 Å². The molecule has 1 aromatic carbocycles. The number of anilines is 1. The van der Waals surface area contributed by atoms with Crippen molar-refractivity contribution in [2.75, 3.05) is 18.5 Å². The number of nitrogens with one attached hydrogen (secondary N) is 1. The predicted molar refractivity (Wildman–Crippen MR) is 106 cm³/mol. The van der Waals surface area contributed by atoms with Crippen LogP contribution in [0.2, 0.25) is 0 Å². The van der Waals surface area contributed by atoms with Crippen molar-refractivity contribution in [2.24, 2.45) is 7.05 Å². The summed E-state index contributed by atoms with van der Waals surface area (Å²) in [5, 5.41) is 11.3. The van der Waals surface area contributed by atoms with Gasteiger partial charge in [-0.25, -0.2) is 0 Å². The maximum Gasteiger partial charge on any atom is 0.276 e. The molecule has 148 valence electrons. The van der Waals surface area contributed by atoms with Crippen LogP contribution in [-0.2, 0) is 13.6 Å². The van der Waals surface area contributed by atoms with E-state index in [2.05, 4.69) is 15.5 Å². The van der Waals surface area contributed by atoms with E-state index < -0.39 is 0 Å². The Morgan fingerprint density at radius 1 is 1.14 bits per heavy atom. The lowest BCUT2D eigenvalue weighted by Crippen LogP contribution is -2.12. The Labute approximate surface area is 164 Å². The van der Waals surface area contributed by atoms with Gasteiger partial charge in [0, 0.05) is 18.9 Å². The van der Waals surface area contributed by atoms with E-state index in [1.807, 2.05) is 39.0 Å². The predicted octanol–water partition coefficient (Wildman–Crippen LogP) is 3.02. The van der Waals surface area contributed by atoms with E-state index in [1.54, 1.807) is 34.9 Å². The highest BCUT2D eigenvalue weighted by atomic mass is 16.5. The molecule has 0 spiro atoms. The van der Waals surface area contributed by atoms with Crippen LogP contribution in [0.3, 0.4) is 0 Å². The zero-order chi connectivity index (χ0) is 20.1. The average molecular weight is 383 g/mol. The van der Waals surface area contributed by atoms with Gasteiger partial charge < -0.3 is 14.8 Å². The normalized spacial score (nSPS) is 10.7. The Balaban J connectivity index is 1.68.